The fourth-order valence-electron chi connectivity index (χ4n) is 6.43. The molecule has 0 N–H and O–H groups in total. The first-order chi connectivity index (χ1) is 20.7. The lowest BCUT2D eigenvalue weighted by Gasteiger charge is -2.30. The normalized spacial score (nSPS) is 14.6. The minimum atomic E-state index is -0.494. The maximum Gasteiger partial charge on any atom is 0.271 e. The number of hydrogen-bond donors (Lipinski definition) is 0. The number of nitrogens with zero attached hydrogens (tertiary/aromatic N) is 2. The molecule has 0 aliphatic heterocycles. The van der Waals surface area contributed by atoms with Crippen LogP contribution in [0, 0.1) is 30.4 Å². The van der Waals surface area contributed by atoms with Crippen LogP contribution in [-0.4, -0.2) is 42.8 Å². The van der Waals surface area contributed by atoms with Crippen molar-refractivity contribution in [3.8, 4) is 16.9 Å². The summed E-state index contributed by atoms with van der Waals surface area (Å²) in [4.78, 5) is 32.4. The van der Waals surface area contributed by atoms with Crippen LogP contribution in [0.1, 0.15) is 76.2 Å². The number of benzene rings is 2. The fraction of sp³-hybridized carbons (Fsp3) is 0.400. The van der Waals surface area contributed by atoms with Crippen molar-refractivity contribution in [1.82, 2.24) is 9.88 Å². The molecular weight excluding hydrogens is 566 g/mol. The Morgan fingerprint density at radius 1 is 1.02 bits per heavy atom. The van der Waals surface area contributed by atoms with E-state index in [0.717, 1.165) is 78.0 Å². The molecule has 5 nitrogen and oxygen atoms in total. The number of thiophene rings is 1. The van der Waals surface area contributed by atoms with Crippen LogP contribution in [-0.2, 0) is 6.42 Å². The highest BCUT2D eigenvalue weighted by molar-refractivity contribution is 7.21. The third kappa shape index (κ3) is 6.64. The SMILES string of the molecule is COc1ccc(-c2ccnc(C(=O)N(C)C)c2)cc1CCC(CC(=O)c1sc2c(F)ccc(F)c2c1C)C1CCCCC1. The number of ether oxygens (including phenoxy) is 1. The van der Waals surface area contributed by atoms with E-state index in [1.54, 1.807) is 40.4 Å². The summed E-state index contributed by atoms with van der Waals surface area (Å²) in [6.45, 7) is 1.72. The first-order valence-electron chi connectivity index (χ1n) is 14.9. The molecule has 1 amide bonds. The van der Waals surface area contributed by atoms with Crippen molar-refractivity contribution in [2.24, 2.45) is 11.8 Å². The molecule has 2 aromatic carbocycles. The van der Waals surface area contributed by atoms with Crippen LogP contribution in [0.2, 0.25) is 0 Å². The summed E-state index contributed by atoms with van der Waals surface area (Å²) in [6, 6.07) is 12.0. The minimum absolute atomic E-state index is 0.0383. The number of aryl methyl sites for hydroxylation is 2. The Hall–Kier alpha value is -3.65. The van der Waals surface area contributed by atoms with Gasteiger partial charge in [-0.25, -0.2) is 8.78 Å². The van der Waals surface area contributed by atoms with Crippen molar-refractivity contribution in [3.63, 3.8) is 0 Å². The van der Waals surface area contributed by atoms with Gasteiger partial charge in [0.2, 0.25) is 0 Å². The Morgan fingerprint density at radius 3 is 2.44 bits per heavy atom. The first kappa shape index (κ1) is 30.8. The maximum absolute atomic E-state index is 14.6. The quantitative estimate of drug-likeness (QED) is 0.170. The van der Waals surface area contributed by atoms with Gasteiger partial charge in [0.05, 0.1) is 16.7 Å². The average Bonchev–Trinajstić information content (AvgIpc) is 3.39. The van der Waals surface area contributed by atoms with Gasteiger partial charge in [-0.2, -0.15) is 0 Å². The van der Waals surface area contributed by atoms with Gasteiger partial charge in [-0.1, -0.05) is 38.2 Å². The lowest BCUT2D eigenvalue weighted by atomic mass is 9.75. The number of aromatic nitrogens is 1. The zero-order valence-electron chi connectivity index (χ0n) is 25.2. The van der Waals surface area contributed by atoms with Crippen LogP contribution < -0.4 is 4.74 Å². The number of amides is 1. The molecule has 2 aromatic heterocycles. The Morgan fingerprint density at radius 2 is 1.74 bits per heavy atom. The number of carbonyl (C=O) groups excluding carboxylic acids is 2. The number of hydrogen-bond acceptors (Lipinski definition) is 5. The first-order valence-corrected chi connectivity index (χ1v) is 15.7. The van der Waals surface area contributed by atoms with E-state index in [0.29, 0.717) is 34.9 Å². The molecule has 0 bridgehead atoms. The van der Waals surface area contributed by atoms with Crippen LogP contribution in [0.3, 0.4) is 0 Å². The lowest BCUT2D eigenvalue weighted by Crippen LogP contribution is -2.22. The van der Waals surface area contributed by atoms with E-state index in [9.17, 15) is 18.4 Å². The minimum Gasteiger partial charge on any atom is -0.496 e. The molecule has 43 heavy (non-hydrogen) atoms. The molecule has 2 heterocycles. The molecular formula is C35H38F2N2O3S. The van der Waals surface area contributed by atoms with Crippen LogP contribution >= 0.6 is 11.3 Å². The summed E-state index contributed by atoms with van der Waals surface area (Å²) in [6.07, 6.45) is 9.21. The molecule has 1 atom stereocenters. The molecule has 1 saturated carbocycles. The van der Waals surface area contributed by atoms with Gasteiger partial charge < -0.3 is 9.64 Å². The molecule has 4 aromatic rings. The van der Waals surface area contributed by atoms with Gasteiger partial charge in [-0.3, -0.25) is 14.6 Å². The maximum atomic E-state index is 14.6. The largest absolute Gasteiger partial charge is 0.496 e. The predicted octanol–water partition coefficient (Wildman–Crippen LogP) is 8.66. The third-order valence-corrected chi connectivity index (χ3v) is 10.1. The molecule has 1 unspecified atom stereocenters. The molecule has 0 radical (unpaired) electrons. The topological polar surface area (TPSA) is 59.5 Å². The van der Waals surface area contributed by atoms with Gasteiger partial charge in [0.1, 0.15) is 23.1 Å². The van der Waals surface area contributed by atoms with E-state index in [4.69, 9.17) is 4.74 Å². The fourth-order valence-corrected chi connectivity index (χ4v) is 7.61. The van der Waals surface area contributed by atoms with E-state index in [1.807, 2.05) is 18.2 Å². The summed E-state index contributed by atoms with van der Waals surface area (Å²) >= 11 is 1.07. The van der Waals surface area contributed by atoms with Crippen LogP contribution in [0.15, 0.2) is 48.7 Å². The van der Waals surface area contributed by atoms with Gasteiger partial charge in [0, 0.05) is 32.1 Å². The Bertz CT molecular complexity index is 1640. The van der Waals surface area contributed by atoms with E-state index in [1.165, 1.54) is 11.3 Å². The van der Waals surface area contributed by atoms with Gasteiger partial charge in [0.25, 0.3) is 5.91 Å². The highest BCUT2D eigenvalue weighted by Gasteiger charge is 2.29. The molecule has 5 rings (SSSR count). The number of fused-ring (bicyclic) bond motifs is 1. The number of halogens is 2. The number of pyridine rings is 1. The second kappa shape index (κ2) is 13.3. The van der Waals surface area contributed by atoms with E-state index in [-0.39, 0.29) is 27.7 Å². The summed E-state index contributed by atoms with van der Waals surface area (Å²) < 4.78 is 35.0. The van der Waals surface area contributed by atoms with E-state index in [2.05, 4.69) is 11.1 Å². The van der Waals surface area contributed by atoms with Crippen molar-refractivity contribution < 1.29 is 23.1 Å². The second-order valence-corrected chi connectivity index (χ2v) is 12.8. The Labute approximate surface area is 255 Å². The molecule has 1 fully saturated rings. The van der Waals surface area contributed by atoms with Gasteiger partial charge >= 0.3 is 0 Å². The summed E-state index contributed by atoms with van der Waals surface area (Å²) in [5.41, 5.74) is 3.80. The monoisotopic (exact) mass is 604 g/mol. The number of methoxy groups -OCH3 is 1. The third-order valence-electron chi connectivity index (χ3n) is 8.78. The summed E-state index contributed by atoms with van der Waals surface area (Å²) in [5.74, 6) is 0.167. The highest BCUT2D eigenvalue weighted by atomic mass is 32.1. The number of rotatable bonds is 10. The standard InChI is InChI=1S/C35H38F2N2O3S/c1-21-32-27(36)13-14-28(37)34(32)43-33(21)30(40)20-24(22-8-6-5-7-9-22)10-11-26-18-23(12-15-31(26)42-4)25-16-17-38-29(19-25)35(41)39(2)3/h12-19,22,24H,5-11,20H2,1-4H3. The average molecular weight is 605 g/mol. The summed E-state index contributed by atoms with van der Waals surface area (Å²) in [7, 11) is 5.06. The molecule has 0 spiro atoms. The molecule has 1 aliphatic carbocycles. The van der Waals surface area contributed by atoms with Gasteiger partial charge in [-0.05, 0) is 90.3 Å². The number of carbonyl (C=O) groups is 2. The summed E-state index contributed by atoms with van der Waals surface area (Å²) in [5, 5.41) is 0.218. The highest BCUT2D eigenvalue weighted by Crippen LogP contribution is 2.40. The van der Waals surface area contributed by atoms with Gasteiger partial charge in [-0.15, -0.1) is 11.3 Å². The molecule has 0 saturated heterocycles. The lowest BCUT2D eigenvalue weighted by molar-refractivity contribution is 0.0821. The molecule has 8 heteroatoms. The molecule has 226 valence electrons. The van der Waals surface area contributed by atoms with Crippen LogP contribution in [0.4, 0.5) is 8.78 Å². The van der Waals surface area contributed by atoms with E-state index >= 15 is 0 Å². The van der Waals surface area contributed by atoms with Crippen molar-refractivity contribution in [2.75, 3.05) is 21.2 Å². The second-order valence-electron chi connectivity index (χ2n) is 11.8. The van der Waals surface area contributed by atoms with E-state index < -0.39 is 11.6 Å². The van der Waals surface area contributed by atoms with Crippen LogP contribution in [0.25, 0.3) is 21.2 Å². The Kier molecular flexibility index (Phi) is 9.55. The van der Waals surface area contributed by atoms with Crippen molar-refractivity contribution in [3.05, 3.63) is 82.0 Å². The zero-order valence-corrected chi connectivity index (χ0v) is 26.0. The van der Waals surface area contributed by atoms with Crippen molar-refractivity contribution in [1.29, 1.82) is 0 Å². The van der Waals surface area contributed by atoms with Crippen molar-refractivity contribution >= 4 is 33.1 Å². The smallest absolute Gasteiger partial charge is 0.271 e. The Balaban J connectivity index is 1.40. The predicted molar refractivity (Wildman–Crippen MR) is 168 cm³/mol. The van der Waals surface area contributed by atoms with Crippen molar-refractivity contribution in [2.45, 2.75) is 58.3 Å². The number of Topliss-reactive ketones (excluding diaryl/α,β-unsaturated/α-hetero) is 1. The number of ketones is 1. The zero-order chi connectivity index (χ0) is 30.7. The van der Waals surface area contributed by atoms with Gasteiger partial charge in [0.15, 0.2) is 5.78 Å². The molecule has 1 aliphatic rings. The van der Waals surface area contributed by atoms with Crippen LogP contribution in [0.5, 0.6) is 5.75 Å².